The number of nitrogens with zero attached hydrogens (tertiary/aromatic N) is 1. The standard InChI is InChI=1S/C11H15N3O3S/c12-18(16,17)10-5-3-9(4-6-10)14(8-15)11-2-1-7-13-11/h3-6,8,11,13H,1-2,7H2,(H2,12,16,17)/t11-/m1/s1. The van der Waals surface area contributed by atoms with E-state index in [9.17, 15) is 13.2 Å². The van der Waals surface area contributed by atoms with Crippen molar-refractivity contribution in [3.63, 3.8) is 0 Å². The molecule has 1 atom stereocenters. The van der Waals surface area contributed by atoms with Crippen LogP contribution in [0.3, 0.4) is 0 Å². The summed E-state index contributed by atoms with van der Waals surface area (Å²) in [4.78, 5) is 12.7. The second-order valence-corrected chi connectivity index (χ2v) is 5.73. The summed E-state index contributed by atoms with van der Waals surface area (Å²) in [6.45, 7) is 0.879. The number of nitrogens with one attached hydrogen (secondary N) is 1. The Morgan fingerprint density at radius 2 is 2.00 bits per heavy atom. The highest BCUT2D eigenvalue weighted by Gasteiger charge is 2.22. The van der Waals surface area contributed by atoms with Crippen LogP contribution in [0.15, 0.2) is 29.2 Å². The van der Waals surface area contributed by atoms with E-state index in [2.05, 4.69) is 5.32 Å². The van der Waals surface area contributed by atoms with Gasteiger partial charge in [0.1, 0.15) is 0 Å². The van der Waals surface area contributed by atoms with Gasteiger partial charge >= 0.3 is 0 Å². The lowest BCUT2D eigenvalue weighted by atomic mass is 10.2. The van der Waals surface area contributed by atoms with Crippen LogP contribution in [0, 0.1) is 0 Å². The lowest BCUT2D eigenvalue weighted by Crippen LogP contribution is -2.41. The number of hydrogen-bond donors (Lipinski definition) is 2. The Bertz CT molecular complexity index is 521. The number of sulfonamides is 1. The Kier molecular flexibility index (Phi) is 3.65. The molecule has 1 aromatic rings. The summed E-state index contributed by atoms with van der Waals surface area (Å²) in [5.74, 6) is 0. The van der Waals surface area contributed by atoms with Crippen LogP contribution in [0.25, 0.3) is 0 Å². The molecule has 1 aromatic carbocycles. The monoisotopic (exact) mass is 269 g/mol. The average molecular weight is 269 g/mol. The molecule has 0 spiro atoms. The number of primary sulfonamides is 1. The summed E-state index contributed by atoms with van der Waals surface area (Å²) < 4.78 is 22.2. The van der Waals surface area contributed by atoms with Crippen molar-refractivity contribution < 1.29 is 13.2 Å². The van der Waals surface area contributed by atoms with Crippen LogP contribution in [0.2, 0.25) is 0 Å². The second kappa shape index (κ2) is 5.05. The van der Waals surface area contributed by atoms with Crippen molar-refractivity contribution in [3.8, 4) is 0 Å². The number of nitrogens with two attached hydrogens (primary N) is 1. The van der Waals surface area contributed by atoms with Gasteiger partial charge in [0.25, 0.3) is 0 Å². The van der Waals surface area contributed by atoms with Gasteiger partial charge in [-0.15, -0.1) is 0 Å². The summed E-state index contributed by atoms with van der Waals surface area (Å²) in [5, 5.41) is 8.22. The zero-order valence-corrected chi connectivity index (χ0v) is 10.6. The van der Waals surface area contributed by atoms with Crippen LogP contribution in [-0.4, -0.2) is 27.5 Å². The van der Waals surface area contributed by atoms with E-state index in [1.54, 1.807) is 17.0 Å². The first-order valence-electron chi connectivity index (χ1n) is 5.62. The first kappa shape index (κ1) is 13.0. The third-order valence-electron chi connectivity index (χ3n) is 2.95. The van der Waals surface area contributed by atoms with Gasteiger partial charge in [0.2, 0.25) is 16.4 Å². The maximum absolute atomic E-state index is 11.1. The van der Waals surface area contributed by atoms with Crippen molar-refractivity contribution in [1.82, 2.24) is 5.32 Å². The topological polar surface area (TPSA) is 92.5 Å². The Hall–Kier alpha value is -1.44. The van der Waals surface area contributed by atoms with Crippen LogP contribution in [0.5, 0.6) is 0 Å². The number of amides is 1. The number of benzene rings is 1. The molecule has 1 heterocycles. The molecule has 3 N–H and O–H groups in total. The number of carbonyl (C=O) groups is 1. The number of carbonyl (C=O) groups excluding carboxylic acids is 1. The summed E-state index contributed by atoms with van der Waals surface area (Å²) >= 11 is 0. The smallest absolute Gasteiger partial charge is 0.238 e. The lowest BCUT2D eigenvalue weighted by molar-refractivity contribution is -0.107. The average Bonchev–Trinajstić information content (AvgIpc) is 2.83. The molecule has 1 aliphatic heterocycles. The van der Waals surface area contributed by atoms with Gasteiger partial charge in [0, 0.05) is 5.69 Å². The Morgan fingerprint density at radius 1 is 1.33 bits per heavy atom. The Morgan fingerprint density at radius 3 is 2.44 bits per heavy atom. The summed E-state index contributed by atoms with van der Waals surface area (Å²) in [7, 11) is -3.69. The zero-order chi connectivity index (χ0) is 13.2. The number of rotatable bonds is 4. The number of hydrogen-bond acceptors (Lipinski definition) is 4. The fourth-order valence-electron chi connectivity index (χ4n) is 2.03. The molecule has 0 aromatic heterocycles. The molecule has 6 nitrogen and oxygen atoms in total. The third-order valence-corrected chi connectivity index (χ3v) is 3.88. The molecule has 0 aliphatic carbocycles. The minimum Gasteiger partial charge on any atom is -0.299 e. The van der Waals surface area contributed by atoms with Gasteiger partial charge in [-0.2, -0.15) is 0 Å². The first-order valence-corrected chi connectivity index (χ1v) is 7.17. The highest BCUT2D eigenvalue weighted by atomic mass is 32.2. The molecule has 18 heavy (non-hydrogen) atoms. The molecule has 1 saturated heterocycles. The molecular formula is C11H15N3O3S. The van der Waals surface area contributed by atoms with E-state index in [4.69, 9.17) is 5.14 Å². The highest BCUT2D eigenvalue weighted by molar-refractivity contribution is 7.89. The molecular weight excluding hydrogens is 254 g/mol. The number of anilines is 1. The van der Waals surface area contributed by atoms with Crippen molar-refractivity contribution in [2.24, 2.45) is 5.14 Å². The predicted octanol–water partition coefficient (Wildman–Crippen LogP) is 0.00630. The van der Waals surface area contributed by atoms with Crippen molar-refractivity contribution in [2.45, 2.75) is 23.9 Å². The molecule has 98 valence electrons. The molecule has 0 bridgehead atoms. The van der Waals surface area contributed by atoms with E-state index in [0.717, 1.165) is 25.8 Å². The minimum absolute atomic E-state index is 0.0252. The fourth-order valence-corrected chi connectivity index (χ4v) is 2.54. The van der Waals surface area contributed by atoms with Crippen LogP contribution in [-0.2, 0) is 14.8 Å². The Balaban J connectivity index is 2.24. The fraction of sp³-hybridized carbons (Fsp3) is 0.364. The van der Waals surface area contributed by atoms with Gasteiger partial charge in [-0.25, -0.2) is 13.6 Å². The zero-order valence-electron chi connectivity index (χ0n) is 9.74. The van der Waals surface area contributed by atoms with E-state index < -0.39 is 10.0 Å². The van der Waals surface area contributed by atoms with Crippen molar-refractivity contribution in [1.29, 1.82) is 0 Å². The van der Waals surface area contributed by atoms with Crippen LogP contribution >= 0.6 is 0 Å². The maximum atomic E-state index is 11.1. The predicted molar refractivity (Wildman–Crippen MR) is 67.4 cm³/mol. The van der Waals surface area contributed by atoms with E-state index in [-0.39, 0.29) is 11.1 Å². The molecule has 0 unspecified atom stereocenters. The summed E-state index contributed by atoms with van der Waals surface area (Å²) in [6, 6.07) is 5.95. The Labute approximate surface area is 106 Å². The van der Waals surface area contributed by atoms with Crippen LogP contribution in [0.1, 0.15) is 12.8 Å². The van der Waals surface area contributed by atoms with E-state index in [0.29, 0.717) is 5.69 Å². The second-order valence-electron chi connectivity index (χ2n) is 4.16. The van der Waals surface area contributed by atoms with Crippen LogP contribution in [0.4, 0.5) is 5.69 Å². The molecule has 2 rings (SSSR count). The molecule has 1 aliphatic rings. The van der Waals surface area contributed by atoms with E-state index in [1.165, 1.54) is 12.1 Å². The lowest BCUT2D eigenvalue weighted by Gasteiger charge is -2.24. The SMILES string of the molecule is NS(=O)(=O)c1ccc(N(C=O)[C@@H]2CCCN2)cc1. The molecule has 0 radical (unpaired) electrons. The van der Waals surface area contributed by atoms with Crippen molar-refractivity contribution >= 4 is 22.1 Å². The van der Waals surface area contributed by atoms with Gasteiger partial charge in [-0.05, 0) is 43.7 Å². The third kappa shape index (κ3) is 2.69. The van der Waals surface area contributed by atoms with E-state index in [1.807, 2.05) is 0 Å². The van der Waals surface area contributed by atoms with Gasteiger partial charge in [-0.3, -0.25) is 15.0 Å². The molecule has 1 amide bonds. The summed E-state index contributed by atoms with van der Waals surface area (Å²) in [5.41, 5.74) is 0.650. The van der Waals surface area contributed by atoms with Gasteiger partial charge in [0.05, 0.1) is 11.1 Å². The van der Waals surface area contributed by atoms with Gasteiger partial charge in [-0.1, -0.05) is 0 Å². The van der Waals surface area contributed by atoms with Crippen LogP contribution < -0.4 is 15.4 Å². The largest absolute Gasteiger partial charge is 0.299 e. The van der Waals surface area contributed by atoms with Gasteiger partial charge < -0.3 is 0 Å². The highest BCUT2D eigenvalue weighted by Crippen LogP contribution is 2.20. The molecule has 7 heteroatoms. The first-order chi connectivity index (χ1) is 8.52. The maximum Gasteiger partial charge on any atom is 0.238 e. The minimum atomic E-state index is -3.69. The quantitative estimate of drug-likeness (QED) is 0.753. The molecule has 1 fully saturated rings. The molecule has 0 saturated carbocycles. The van der Waals surface area contributed by atoms with E-state index >= 15 is 0 Å². The normalized spacial score (nSPS) is 19.7. The van der Waals surface area contributed by atoms with Gasteiger partial charge in [0.15, 0.2) is 0 Å². The van der Waals surface area contributed by atoms with Crippen molar-refractivity contribution in [2.75, 3.05) is 11.4 Å². The van der Waals surface area contributed by atoms with Crippen molar-refractivity contribution in [3.05, 3.63) is 24.3 Å². The summed E-state index contributed by atoms with van der Waals surface area (Å²) in [6.07, 6.45) is 2.62.